The van der Waals surface area contributed by atoms with Gasteiger partial charge in [0, 0.05) is 11.8 Å². The number of rotatable bonds is 2. The standard InChI is InChI=1S/C13H7Cl3N2/c14-9-2-1-3-10(15)13(9)12-6-8(4-5-17)11(16)7-18-12/h1-3,6-7H,4H2. The van der Waals surface area contributed by atoms with Crippen LogP contribution in [0.15, 0.2) is 30.5 Å². The van der Waals surface area contributed by atoms with Crippen molar-refractivity contribution in [2.75, 3.05) is 0 Å². The Morgan fingerprint density at radius 3 is 2.39 bits per heavy atom. The molecule has 2 rings (SSSR count). The molecule has 0 bridgehead atoms. The minimum Gasteiger partial charge on any atom is -0.255 e. The summed E-state index contributed by atoms with van der Waals surface area (Å²) < 4.78 is 0. The number of hydrogen-bond donors (Lipinski definition) is 0. The molecule has 0 radical (unpaired) electrons. The van der Waals surface area contributed by atoms with E-state index in [-0.39, 0.29) is 6.42 Å². The maximum Gasteiger partial charge on any atom is 0.0736 e. The molecule has 18 heavy (non-hydrogen) atoms. The van der Waals surface area contributed by atoms with E-state index in [0.29, 0.717) is 31.9 Å². The summed E-state index contributed by atoms with van der Waals surface area (Å²) in [4.78, 5) is 4.20. The van der Waals surface area contributed by atoms with Crippen molar-refractivity contribution in [2.24, 2.45) is 0 Å². The van der Waals surface area contributed by atoms with Crippen LogP contribution in [-0.2, 0) is 6.42 Å². The van der Waals surface area contributed by atoms with E-state index in [4.69, 9.17) is 40.1 Å². The van der Waals surface area contributed by atoms with Crippen molar-refractivity contribution < 1.29 is 0 Å². The fraction of sp³-hybridized carbons (Fsp3) is 0.0769. The molecule has 1 aromatic carbocycles. The summed E-state index contributed by atoms with van der Waals surface area (Å²) in [5, 5.41) is 10.2. The zero-order valence-electron chi connectivity index (χ0n) is 9.12. The van der Waals surface area contributed by atoms with Crippen molar-refractivity contribution in [1.82, 2.24) is 4.98 Å². The topological polar surface area (TPSA) is 36.7 Å². The zero-order valence-corrected chi connectivity index (χ0v) is 11.4. The highest BCUT2D eigenvalue weighted by Gasteiger charge is 2.11. The molecule has 0 fully saturated rings. The van der Waals surface area contributed by atoms with Gasteiger partial charge in [-0.1, -0.05) is 40.9 Å². The molecule has 0 atom stereocenters. The predicted octanol–water partition coefficient (Wildman–Crippen LogP) is 4.77. The van der Waals surface area contributed by atoms with Crippen LogP contribution in [0.4, 0.5) is 0 Å². The third-order valence-corrected chi connectivity index (χ3v) is 3.39. The number of benzene rings is 1. The van der Waals surface area contributed by atoms with Gasteiger partial charge in [-0.3, -0.25) is 4.98 Å². The summed E-state index contributed by atoms with van der Waals surface area (Å²) in [6, 6.07) is 9.03. The van der Waals surface area contributed by atoms with E-state index >= 15 is 0 Å². The molecule has 0 unspecified atom stereocenters. The molecule has 0 spiro atoms. The molecule has 90 valence electrons. The van der Waals surface area contributed by atoms with E-state index in [1.54, 1.807) is 24.3 Å². The number of nitriles is 1. The van der Waals surface area contributed by atoms with Gasteiger partial charge >= 0.3 is 0 Å². The highest BCUT2D eigenvalue weighted by Crippen LogP contribution is 2.34. The van der Waals surface area contributed by atoms with Gasteiger partial charge in [-0.25, -0.2) is 0 Å². The molecule has 2 aromatic rings. The SMILES string of the molecule is N#CCc1cc(-c2c(Cl)cccc2Cl)ncc1Cl. The third-order valence-electron chi connectivity index (χ3n) is 2.42. The molecule has 1 heterocycles. The van der Waals surface area contributed by atoms with Crippen molar-refractivity contribution in [3.05, 3.63) is 51.1 Å². The molecule has 0 saturated carbocycles. The molecular formula is C13H7Cl3N2. The number of aromatic nitrogens is 1. The Morgan fingerprint density at radius 1 is 1.11 bits per heavy atom. The lowest BCUT2D eigenvalue weighted by atomic mass is 10.1. The van der Waals surface area contributed by atoms with Crippen molar-refractivity contribution >= 4 is 34.8 Å². The zero-order chi connectivity index (χ0) is 13.1. The normalized spacial score (nSPS) is 10.1. The average molecular weight is 298 g/mol. The maximum atomic E-state index is 8.73. The van der Waals surface area contributed by atoms with Gasteiger partial charge in [0.15, 0.2) is 0 Å². The van der Waals surface area contributed by atoms with Gasteiger partial charge in [-0.05, 0) is 23.8 Å². The number of nitrogens with zero attached hydrogens (tertiary/aromatic N) is 2. The highest BCUT2D eigenvalue weighted by atomic mass is 35.5. The van der Waals surface area contributed by atoms with Crippen molar-refractivity contribution in [1.29, 1.82) is 5.26 Å². The lowest BCUT2D eigenvalue weighted by Gasteiger charge is -2.08. The van der Waals surface area contributed by atoms with E-state index in [9.17, 15) is 0 Å². The van der Waals surface area contributed by atoms with Crippen LogP contribution in [0, 0.1) is 11.3 Å². The summed E-state index contributed by atoms with van der Waals surface area (Å²) in [7, 11) is 0. The van der Waals surface area contributed by atoms with Crippen LogP contribution >= 0.6 is 34.8 Å². The molecular weight excluding hydrogens is 291 g/mol. The molecule has 1 aromatic heterocycles. The van der Waals surface area contributed by atoms with Gasteiger partial charge in [0.1, 0.15) is 0 Å². The van der Waals surface area contributed by atoms with Gasteiger partial charge in [0.2, 0.25) is 0 Å². The Labute approximate surface area is 120 Å². The van der Waals surface area contributed by atoms with Gasteiger partial charge in [0.05, 0.1) is 33.3 Å². The van der Waals surface area contributed by atoms with Crippen molar-refractivity contribution in [3.8, 4) is 17.3 Å². The van der Waals surface area contributed by atoms with Crippen LogP contribution in [0.2, 0.25) is 15.1 Å². The summed E-state index contributed by atoms with van der Waals surface area (Å²) in [6.45, 7) is 0. The Hall–Kier alpha value is -1.27. The van der Waals surface area contributed by atoms with E-state index in [2.05, 4.69) is 11.1 Å². The van der Waals surface area contributed by atoms with Crippen molar-refractivity contribution in [2.45, 2.75) is 6.42 Å². The fourth-order valence-electron chi connectivity index (χ4n) is 1.58. The van der Waals surface area contributed by atoms with Gasteiger partial charge in [-0.2, -0.15) is 5.26 Å². The second-order valence-corrected chi connectivity index (χ2v) is 4.81. The van der Waals surface area contributed by atoms with E-state index in [1.807, 2.05) is 0 Å². The smallest absolute Gasteiger partial charge is 0.0736 e. The van der Waals surface area contributed by atoms with Crippen LogP contribution in [0.5, 0.6) is 0 Å². The van der Waals surface area contributed by atoms with Crippen molar-refractivity contribution in [3.63, 3.8) is 0 Å². The van der Waals surface area contributed by atoms with E-state index < -0.39 is 0 Å². The minimum atomic E-state index is 0.219. The Bertz CT molecular complexity index is 612. The molecule has 0 saturated heterocycles. The van der Waals surface area contributed by atoms with Crippen LogP contribution in [0.3, 0.4) is 0 Å². The second kappa shape index (κ2) is 5.58. The van der Waals surface area contributed by atoms with Crippen LogP contribution in [0.1, 0.15) is 5.56 Å². The largest absolute Gasteiger partial charge is 0.255 e. The monoisotopic (exact) mass is 296 g/mol. The Balaban J connectivity index is 2.59. The third kappa shape index (κ3) is 2.59. The first kappa shape index (κ1) is 13.2. The second-order valence-electron chi connectivity index (χ2n) is 3.59. The number of pyridine rings is 1. The summed E-state index contributed by atoms with van der Waals surface area (Å²) >= 11 is 18.2. The Morgan fingerprint density at radius 2 is 1.78 bits per heavy atom. The molecule has 0 aliphatic heterocycles. The summed E-state index contributed by atoms with van der Waals surface area (Å²) in [5.41, 5.74) is 1.97. The first-order valence-electron chi connectivity index (χ1n) is 5.09. The summed E-state index contributed by atoms with van der Waals surface area (Å²) in [6.07, 6.45) is 1.72. The molecule has 5 heteroatoms. The van der Waals surface area contributed by atoms with Crippen LogP contribution in [0.25, 0.3) is 11.3 Å². The first-order chi connectivity index (χ1) is 8.63. The fourth-order valence-corrected chi connectivity index (χ4v) is 2.34. The average Bonchev–Trinajstić information content (AvgIpc) is 2.33. The van der Waals surface area contributed by atoms with E-state index in [1.165, 1.54) is 6.20 Å². The number of hydrogen-bond acceptors (Lipinski definition) is 2. The van der Waals surface area contributed by atoms with Crippen LogP contribution < -0.4 is 0 Å². The number of halogens is 3. The van der Waals surface area contributed by atoms with E-state index in [0.717, 1.165) is 0 Å². The summed E-state index contributed by atoms with van der Waals surface area (Å²) in [5.74, 6) is 0. The lowest BCUT2D eigenvalue weighted by molar-refractivity contribution is 1.21. The predicted molar refractivity (Wildman–Crippen MR) is 74.0 cm³/mol. The minimum absolute atomic E-state index is 0.219. The highest BCUT2D eigenvalue weighted by molar-refractivity contribution is 6.39. The molecule has 0 aliphatic carbocycles. The Kier molecular flexibility index (Phi) is 4.08. The van der Waals surface area contributed by atoms with Crippen LogP contribution in [-0.4, -0.2) is 4.98 Å². The maximum absolute atomic E-state index is 8.73. The molecule has 2 nitrogen and oxygen atoms in total. The molecule has 0 N–H and O–H groups in total. The van der Waals surface area contributed by atoms with Gasteiger partial charge < -0.3 is 0 Å². The van der Waals surface area contributed by atoms with Gasteiger partial charge in [-0.15, -0.1) is 0 Å². The molecule has 0 aliphatic rings. The van der Waals surface area contributed by atoms with Gasteiger partial charge in [0.25, 0.3) is 0 Å². The molecule has 0 amide bonds. The lowest BCUT2D eigenvalue weighted by Crippen LogP contribution is -1.91. The quantitative estimate of drug-likeness (QED) is 0.800. The first-order valence-corrected chi connectivity index (χ1v) is 6.22.